The van der Waals surface area contributed by atoms with Gasteiger partial charge < -0.3 is 4.90 Å². The molecule has 0 radical (unpaired) electrons. The zero-order valence-corrected chi connectivity index (χ0v) is 13.0. The Hall–Kier alpha value is -2.06. The van der Waals surface area contributed by atoms with Crippen molar-refractivity contribution in [3.05, 3.63) is 76.3 Å². The Bertz CT molecular complexity index is 629. The molecule has 21 heavy (non-hydrogen) atoms. The largest absolute Gasteiger partial charge is 0.338 e. The minimum atomic E-state index is -0.0227. The highest BCUT2D eigenvalue weighted by molar-refractivity contribution is 6.30. The summed E-state index contributed by atoms with van der Waals surface area (Å²) in [5, 5.41) is 0.701. The van der Waals surface area contributed by atoms with Crippen molar-refractivity contribution in [3.63, 3.8) is 0 Å². The van der Waals surface area contributed by atoms with Gasteiger partial charge in [-0.15, -0.1) is 0 Å². The van der Waals surface area contributed by atoms with Crippen LogP contribution in [0.3, 0.4) is 0 Å². The zero-order chi connectivity index (χ0) is 15.2. The standard InChI is InChI=1S/C18H18ClNO/c1-14-3-5-15(6-4-14)9-12-18(21)20(2)13-16-7-10-17(19)11-8-16/h3-12H,13H2,1-2H3/b12-9+. The molecule has 0 heterocycles. The molecule has 0 saturated heterocycles. The number of rotatable bonds is 4. The van der Waals surface area contributed by atoms with E-state index in [2.05, 4.69) is 0 Å². The van der Waals surface area contributed by atoms with Gasteiger partial charge >= 0.3 is 0 Å². The van der Waals surface area contributed by atoms with E-state index in [9.17, 15) is 4.79 Å². The van der Waals surface area contributed by atoms with E-state index in [1.54, 1.807) is 18.0 Å². The number of hydrogen-bond donors (Lipinski definition) is 0. The van der Waals surface area contributed by atoms with Crippen molar-refractivity contribution < 1.29 is 4.79 Å². The molecule has 2 aromatic rings. The van der Waals surface area contributed by atoms with E-state index < -0.39 is 0 Å². The van der Waals surface area contributed by atoms with Gasteiger partial charge in [-0.2, -0.15) is 0 Å². The lowest BCUT2D eigenvalue weighted by atomic mass is 10.1. The first-order valence-corrected chi connectivity index (χ1v) is 7.17. The van der Waals surface area contributed by atoms with E-state index in [0.29, 0.717) is 11.6 Å². The molecule has 0 N–H and O–H groups in total. The van der Waals surface area contributed by atoms with Crippen LogP contribution >= 0.6 is 11.6 Å². The Morgan fingerprint density at radius 2 is 1.71 bits per heavy atom. The van der Waals surface area contributed by atoms with Crippen LogP contribution in [0.5, 0.6) is 0 Å². The zero-order valence-electron chi connectivity index (χ0n) is 12.2. The highest BCUT2D eigenvalue weighted by atomic mass is 35.5. The maximum absolute atomic E-state index is 12.1. The van der Waals surface area contributed by atoms with Crippen molar-refractivity contribution in [1.82, 2.24) is 4.90 Å². The van der Waals surface area contributed by atoms with Gasteiger partial charge in [0.15, 0.2) is 0 Å². The van der Waals surface area contributed by atoms with Crippen molar-refractivity contribution in [1.29, 1.82) is 0 Å². The Kier molecular flexibility index (Phi) is 5.18. The van der Waals surface area contributed by atoms with Crippen LogP contribution in [-0.2, 0) is 11.3 Å². The highest BCUT2D eigenvalue weighted by Gasteiger charge is 2.05. The van der Waals surface area contributed by atoms with Crippen LogP contribution in [0.1, 0.15) is 16.7 Å². The van der Waals surface area contributed by atoms with Gasteiger partial charge in [0.1, 0.15) is 0 Å². The van der Waals surface area contributed by atoms with Crippen LogP contribution in [0.25, 0.3) is 6.08 Å². The quantitative estimate of drug-likeness (QED) is 0.770. The van der Waals surface area contributed by atoms with E-state index in [1.807, 2.05) is 61.5 Å². The summed E-state index contributed by atoms with van der Waals surface area (Å²) in [4.78, 5) is 13.7. The molecule has 0 unspecified atom stereocenters. The van der Waals surface area contributed by atoms with E-state index in [0.717, 1.165) is 11.1 Å². The molecule has 3 heteroatoms. The molecule has 0 spiro atoms. The topological polar surface area (TPSA) is 20.3 Å². The SMILES string of the molecule is Cc1ccc(/C=C/C(=O)N(C)Cc2ccc(Cl)cc2)cc1. The van der Waals surface area contributed by atoms with Crippen molar-refractivity contribution in [2.45, 2.75) is 13.5 Å². The first-order chi connectivity index (χ1) is 10.0. The highest BCUT2D eigenvalue weighted by Crippen LogP contribution is 2.11. The minimum absolute atomic E-state index is 0.0227. The van der Waals surface area contributed by atoms with E-state index in [-0.39, 0.29) is 5.91 Å². The minimum Gasteiger partial charge on any atom is -0.338 e. The Balaban J connectivity index is 1.96. The summed E-state index contributed by atoms with van der Waals surface area (Å²) < 4.78 is 0. The summed E-state index contributed by atoms with van der Waals surface area (Å²) in [7, 11) is 1.79. The molecule has 0 bridgehead atoms. The van der Waals surface area contributed by atoms with Crippen molar-refractivity contribution in [3.8, 4) is 0 Å². The lowest BCUT2D eigenvalue weighted by Crippen LogP contribution is -2.24. The fraction of sp³-hybridized carbons (Fsp3) is 0.167. The van der Waals surface area contributed by atoms with Gasteiger partial charge in [0.25, 0.3) is 0 Å². The van der Waals surface area contributed by atoms with E-state index in [1.165, 1.54) is 5.56 Å². The van der Waals surface area contributed by atoms with Crippen LogP contribution < -0.4 is 0 Å². The predicted octanol–water partition coefficient (Wildman–Crippen LogP) is 4.32. The summed E-state index contributed by atoms with van der Waals surface area (Å²) >= 11 is 5.85. The molecular formula is C18H18ClNO. The number of aryl methyl sites for hydroxylation is 1. The summed E-state index contributed by atoms with van der Waals surface area (Å²) in [6, 6.07) is 15.6. The van der Waals surface area contributed by atoms with E-state index >= 15 is 0 Å². The molecule has 2 nitrogen and oxygen atoms in total. The van der Waals surface area contributed by atoms with Crippen molar-refractivity contribution in [2.75, 3.05) is 7.05 Å². The molecule has 0 atom stereocenters. The smallest absolute Gasteiger partial charge is 0.246 e. The third-order valence-electron chi connectivity index (χ3n) is 3.20. The maximum atomic E-state index is 12.1. The van der Waals surface area contributed by atoms with Crippen LogP contribution in [0.2, 0.25) is 5.02 Å². The molecule has 2 aromatic carbocycles. The second-order valence-electron chi connectivity index (χ2n) is 5.06. The number of hydrogen-bond acceptors (Lipinski definition) is 1. The van der Waals surface area contributed by atoms with Crippen LogP contribution in [0, 0.1) is 6.92 Å². The summed E-state index contributed by atoms with van der Waals surface area (Å²) in [5.41, 5.74) is 3.28. The first-order valence-electron chi connectivity index (χ1n) is 6.79. The lowest BCUT2D eigenvalue weighted by Gasteiger charge is -2.15. The molecular weight excluding hydrogens is 282 g/mol. The van der Waals surface area contributed by atoms with Gasteiger partial charge in [0.05, 0.1) is 0 Å². The molecule has 0 aliphatic rings. The number of amides is 1. The third-order valence-corrected chi connectivity index (χ3v) is 3.46. The fourth-order valence-corrected chi connectivity index (χ4v) is 2.04. The predicted molar refractivity (Wildman–Crippen MR) is 88.1 cm³/mol. The Morgan fingerprint density at radius 1 is 1.10 bits per heavy atom. The molecule has 1 amide bonds. The van der Waals surface area contributed by atoms with Gasteiger partial charge in [-0.05, 0) is 36.3 Å². The second-order valence-corrected chi connectivity index (χ2v) is 5.50. The maximum Gasteiger partial charge on any atom is 0.246 e. The van der Waals surface area contributed by atoms with Gasteiger partial charge in [-0.1, -0.05) is 53.6 Å². The van der Waals surface area contributed by atoms with Crippen molar-refractivity contribution in [2.24, 2.45) is 0 Å². The van der Waals surface area contributed by atoms with Crippen LogP contribution in [0.4, 0.5) is 0 Å². The van der Waals surface area contributed by atoms with Gasteiger partial charge in [0.2, 0.25) is 5.91 Å². The number of carbonyl (C=O) groups is 1. The molecule has 108 valence electrons. The molecule has 0 saturated carbocycles. The van der Waals surface area contributed by atoms with Crippen LogP contribution in [-0.4, -0.2) is 17.9 Å². The Morgan fingerprint density at radius 3 is 2.33 bits per heavy atom. The molecule has 0 aliphatic carbocycles. The van der Waals surface area contributed by atoms with E-state index in [4.69, 9.17) is 11.6 Å². The summed E-state index contributed by atoms with van der Waals surface area (Å²) in [5.74, 6) is -0.0227. The fourth-order valence-electron chi connectivity index (χ4n) is 1.91. The number of carbonyl (C=O) groups excluding carboxylic acids is 1. The van der Waals surface area contributed by atoms with Gasteiger partial charge in [0, 0.05) is 24.7 Å². The monoisotopic (exact) mass is 299 g/mol. The number of nitrogens with zero attached hydrogens (tertiary/aromatic N) is 1. The summed E-state index contributed by atoms with van der Waals surface area (Å²) in [6.07, 6.45) is 3.43. The van der Waals surface area contributed by atoms with Gasteiger partial charge in [-0.3, -0.25) is 4.79 Å². The molecule has 2 rings (SSSR count). The van der Waals surface area contributed by atoms with Crippen LogP contribution in [0.15, 0.2) is 54.6 Å². The molecule has 0 fully saturated rings. The molecule has 0 aliphatic heterocycles. The van der Waals surface area contributed by atoms with Crippen molar-refractivity contribution >= 4 is 23.6 Å². The molecule has 0 aromatic heterocycles. The van der Waals surface area contributed by atoms with Gasteiger partial charge in [-0.25, -0.2) is 0 Å². The summed E-state index contributed by atoms with van der Waals surface area (Å²) in [6.45, 7) is 2.60. The lowest BCUT2D eigenvalue weighted by molar-refractivity contribution is -0.125. The average molecular weight is 300 g/mol. The number of likely N-dealkylation sites (N-methyl/N-ethyl adjacent to an activating group) is 1. The number of benzene rings is 2. The average Bonchev–Trinajstić information content (AvgIpc) is 2.48. The second kappa shape index (κ2) is 7.09. The number of halogens is 1. The third kappa shape index (κ3) is 4.76. The normalized spacial score (nSPS) is 10.8. The Labute approximate surface area is 130 Å². The first kappa shape index (κ1) is 15.3.